The van der Waals surface area contributed by atoms with Gasteiger partial charge in [0, 0.05) is 29.7 Å². The first-order valence-electron chi connectivity index (χ1n) is 7.51. The van der Waals surface area contributed by atoms with Crippen molar-refractivity contribution in [1.82, 2.24) is 4.57 Å². The number of aromatic nitrogens is 1. The molecule has 1 heterocycles. The molecule has 2 rings (SSSR count). The lowest BCUT2D eigenvalue weighted by atomic mass is 10.2. The second-order valence-corrected chi connectivity index (χ2v) is 5.44. The molecule has 0 unspecified atom stereocenters. The summed E-state index contributed by atoms with van der Waals surface area (Å²) in [5.74, 6) is -0.318. The SMILES string of the molecule is CCOC(=O)c1cccc(N=Cc2cc(C)n(C(C)C)c2)c1. The lowest BCUT2D eigenvalue weighted by Gasteiger charge is -2.08. The molecule has 0 radical (unpaired) electrons. The van der Waals surface area contributed by atoms with Crippen molar-refractivity contribution >= 4 is 17.9 Å². The van der Waals surface area contributed by atoms with Crippen molar-refractivity contribution in [1.29, 1.82) is 0 Å². The maximum absolute atomic E-state index is 11.7. The smallest absolute Gasteiger partial charge is 0.338 e. The molecule has 4 heteroatoms. The van der Waals surface area contributed by atoms with Crippen LogP contribution in [0, 0.1) is 6.92 Å². The van der Waals surface area contributed by atoms with Gasteiger partial charge < -0.3 is 9.30 Å². The molecule has 0 atom stereocenters. The molecule has 4 nitrogen and oxygen atoms in total. The van der Waals surface area contributed by atoms with E-state index < -0.39 is 0 Å². The Kier molecular flexibility index (Phi) is 5.15. The Morgan fingerprint density at radius 3 is 2.77 bits per heavy atom. The fourth-order valence-corrected chi connectivity index (χ4v) is 2.32. The standard InChI is InChI=1S/C18H22N2O2/c1-5-22-18(21)16-7-6-8-17(10-16)19-11-15-9-14(4)20(12-15)13(2)3/h6-13H,5H2,1-4H3. The molecule has 0 fully saturated rings. The summed E-state index contributed by atoms with van der Waals surface area (Å²) in [6, 6.07) is 9.67. The van der Waals surface area contributed by atoms with Crippen molar-refractivity contribution in [2.75, 3.05) is 6.61 Å². The molecular formula is C18H22N2O2. The van der Waals surface area contributed by atoms with E-state index in [9.17, 15) is 4.79 Å². The molecule has 116 valence electrons. The van der Waals surface area contributed by atoms with Gasteiger partial charge in [0.1, 0.15) is 0 Å². The molecule has 0 aliphatic heterocycles. The fraction of sp³-hybridized carbons (Fsp3) is 0.333. The van der Waals surface area contributed by atoms with Crippen LogP contribution in [-0.2, 0) is 4.74 Å². The zero-order valence-electron chi connectivity index (χ0n) is 13.5. The fourth-order valence-electron chi connectivity index (χ4n) is 2.32. The minimum Gasteiger partial charge on any atom is -0.462 e. The van der Waals surface area contributed by atoms with Crippen molar-refractivity contribution in [2.24, 2.45) is 4.99 Å². The average molecular weight is 298 g/mol. The molecule has 0 N–H and O–H groups in total. The summed E-state index contributed by atoms with van der Waals surface area (Å²) >= 11 is 0. The topological polar surface area (TPSA) is 43.6 Å². The van der Waals surface area contributed by atoms with Crippen LogP contribution in [0.5, 0.6) is 0 Å². The van der Waals surface area contributed by atoms with Crippen LogP contribution in [0.4, 0.5) is 5.69 Å². The number of carbonyl (C=O) groups is 1. The van der Waals surface area contributed by atoms with Crippen LogP contribution in [0.2, 0.25) is 0 Å². The molecule has 0 aliphatic rings. The number of rotatable bonds is 5. The molecule has 22 heavy (non-hydrogen) atoms. The van der Waals surface area contributed by atoms with Crippen molar-refractivity contribution in [3.63, 3.8) is 0 Å². The maximum Gasteiger partial charge on any atom is 0.338 e. The first-order valence-corrected chi connectivity index (χ1v) is 7.51. The summed E-state index contributed by atoms with van der Waals surface area (Å²) in [7, 11) is 0. The highest BCUT2D eigenvalue weighted by molar-refractivity contribution is 5.91. The number of benzene rings is 1. The third-order valence-electron chi connectivity index (χ3n) is 3.35. The van der Waals surface area contributed by atoms with Crippen molar-refractivity contribution < 1.29 is 9.53 Å². The van der Waals surface area contributed by atoms with E-state index in [-0.39, 0.29) is 5.97 Å². The van der Waals surface area contributed by atoms with Gasteiger partial charge in [0.25, 0.3) is 0 Å². The van der Waals surface area contributed by atoms with Gasteiger partial charge in [0.2, 0.25) is 0 Å². The van der Waals surface area contributed by atoms with E-state index in [1.54, 1.807) is 19.1 Å². The van der Waals surface area contributed by atoms with E-state index in [1.807, 2.05) is 18.3 Å². The summed E-state index contributed by atoms with van der Waals surface area (Å²) in [5, 5.41) is 0. The summed E-state index contributed by atoms with van der Waals surface area (Å²) in [6.45, 7) is 8.54. The Morgan fingerprint density at radius 1 is 1.36 bits per heavy atom. The van der Waals surface area contributed by atoms with Crippen LogP contribution in [0.1, 0.15) is 48.4 Å². The highest BCUT2D eigenvalue weighted by atomic mass is 16.5. The number of ether oxygens (including phenoxy) is 1. The highest BCUT2D eigenvalue weighted by Crippen LogP contribution is 2.17. The second-order valence-electron chi connectivity index (χ2n) is 5.44. The summed E-state index contributed by atoms with van der Waals surface area (Å²) in [5.41, 5.74) is 3.51. The molecule has 0 saturated heterocycles. The zero-order chi connectivity index (χ0) is 16.1. The van der Waals surface area contributed by atoms with E-state index in [0.717, 1.165) is 11.3 Å². The van der Waals surface area contributed by atoms with Gasteiger partial charge in [-0.15, -0.1) is 0 Å². The molecular weight excluding hydrogens is 276 g/mol. The zero-order valence-corrected chi connectivity index (χ0v) is 13.5. The summed E-state index contributed by atoms with van der Waals surface area (Å²) in [4.78, 5) is 16.2. The second kappa shape index (κ2) is 7.07. The number of hydrogen-bond acceptors (Lipinski definition) is 3. The third kappa shape index (κ3) is 3.85. The number of esters is 1. The molecule has 1 aromatic heterocycles. The Morgan fingerprint density at radius 2 is 2.14 bits per heavy atom. The molecule has 0 aliphatic carbocycles. The van der Waals surface area contributed by atoms with Gasteiger partial charge in [-0.25, -0.2) is 4.79 Å². The third-order valence-corrected chi connectivity index (χ3v) is 3.35. The number of hydrogen-bond donors (Lipinski definition) is 0. The van der Waals surface area contributed by atoms with Crippen LogP contribution in [-0.4, -0.2) is 23.4 Å². The molecule has 0 bridgehead atoms. The highest BCUT2D eigenvalue weighted by Gasteiger charge is 2.06. The molecule has 0 saturated carbocycles. The number of carbonyl (C=O) groups excluding carboxylic acids is 1. The first-order chi connectivity index (χ1) is 10.5. The summed E-state index contributed by atoms with van der Waals surface area (Å²) in [6.07, 6.45) is 3.90. The van der Waals surface area contributed by atoms with Gasteiger partial charge in [-0.2, -0.15) is 0 Å². The predicted molar refractivity (Wildman–Crippen MR) is 89.2 cm³/mol. The van der Waals surface area contributed by atoms with Crippen molar-refractivity contribution in [3.05, 3.63) is 53.3 Å². The Hall–Kier alpha value is -2.36. The number of nitrogens with zero attached hydrogens (tertiary/aromatic N) is 2. The molecule has 1 aromatic carbocycles. The largest absolute Gasteiger partial charge is 0.462 e. The quantitative estimate of drug-likeness (QED) is 0.610. The molecule has 0 amide bonds. The first kappa shape index (κ1) is 16.0. The number of aryl methyl sites for hydroxylation is 1. The minimum atomic E-state index is -0.318. The summed E-state index contributed by atoms with van der Waals surface area (Å²) < 4.78 is 7.20. The Bertz CT molecular complexity index is 684. The van der Waals surface area contributed by atoms with Crippen LogP contribution in [0.25, 0.3) is 0 Å². The maximum atomic E-state index is 11.7. The van der Waals surface area contributed by atoms with E-state index >= 15 is 0 Å². The van der Waals surface area contributed by atoms with Crippen molar-refractivity contribution in [2.45, 2.75) is 33.7 Å². The number of aliphatic imine (C=N–C) groups is 1. The van der Waals surface area contributed by atoms with E-state index in [2.05, 4.69) is 42.6 Å². The van der Waals surface area contributed by atoms with Crippen LogP contribution < -0.4 is 0 Å². The minimum absolute atomic E-state index is 0.318. The molecule has 2 aromatic rings. The molecule has 0 spiro atoms. The Balaban J connectivity index is 2.18. The van der Waals surface area contributed by atoms with Gasteiger partial charge in [0.05, 0.1) is 17.9 Å². The van der Waals surface area contributed by atoms with Crippen LogP contribution in [0.15, 0.2) is 41.5 Å². The van der Waals surface area contributed by atoms with E-state index in [4.69, 9.17) is 4.74 Å². The van der Waals surface area contributed by atoms with Gasteiger partial charge in [0.15, 0.2) is 0 Å². The van der Waals surface area contributed by atoms with Crippen LogP contribution in [0.3, 0.4) is 0 Å². The normalized spacial score (nSPS) is 11.3. The average Bonchev–Trinajstić information content (AvgIpc) is 2.87. The van der Waals surface area contributed by atoms with Gasteiger partial charge in [-0.05, 0) is 52.0 Å². The van der Waals surface area contributed by atoms with E-state index in [1.165, 1.54) is 5.69 Å². The van der Waals surface area contributed by atoms with Gasteiger partial charge in [-0.3, -0.25) is 4.99 Å². The van der Waals surface area contributed by atoms with Gasteiger partial charge >= 0.3 is 5.97 Å². The van der Waals surface area contributed by atoms with Crippen LogP contribution >= 0.6 is 0 Å². The van der Waals surface area contributed by atoms with E-state index in [0.29, 0.717) is 18.2 Å². The van der Waals surface area contributed by atoms with Gasteiger partial charge in [-0.1, -0.05) is 6.07 Å². The Labute approximate surface area is 131 Å². The lowest BCUT2D eigenvalue weighted by Crippen LogP contribution is -2.03. The van der Waals surface area contributed by atoms with Crippen molar-refractivity contribution in [3.8, 4) is 0 Å². The monoisotopic (exact) mass is 298 g/mol. The lowest BCUT2D eigenvalue weighted by molar-refractivity contribution is 0.0526. The predicted octanol–water partition coefficient (Wildman–Crippen LogP) is 4.30.